The van der Waals surface area contributed by atoms with E-state index in [-0.39, 0.29) is 22.5 Å². The van der Waals surface area contributed by atoms with Crippen molar-refractivity contribution in [3.05, 3.63) is 87.3 Å². The Morgan fingerprint density at radius 3 is 2.54 bits per heavy atom. The largest absolute Gasteiger partial charge is 0.339 e. The highest BCUT2D eigenvalue weighted by atomic mass is 16.2. The van der Waals surface area contributed by atoms with E-state index in [1.165, 1.54) is 9.96 Å². The highest BCUT2D eigenvalue weighted by molar-refractivity contribution is 5.97. The van der Waals surface area contributed by atoms with Gasteiger partial charge in [-0.05, 0) is 61.8 Å². The molecule has 1 fully saturated rings. The monoisotopic (exact) mass is 469 g/mol. The lowest BCUT2D eigenvalue weighted by molar-refractivity contribution is 0.0687. The second-order valence-corrected chi connectivity index (χ2v) is 9.52. The van der Waals surface area contributed by atoms with E-state index >= 15 is 0 Å². The van der Waals surface area contributed by atoms with Gasteiger partial charge in [0.05, 0.1) is 10.9 Å². The molecule has 1 saturated heterocycles. The number of aromatic nitrogens is 3. The number of rotatable bonds is 5. The van der Waals surface area contributed by atoms with Gasteiger partial charge in [0, 0.05) is 25.8 Å². The molecule has 4 heterocycles. The Morgan fingerprint density at radius 2 is 1.83 bits per heavy atom. The molecule has 4 aromatic rings. The van der Waals surface area contributed by atoms with Crippen molar-refractivity contribution in [2.24, 2.45) is 5.92 Å². The first kappa shape index (κ1) is 23.0. The molecule has 0 radical (unpaired) electrons. The first-order valence-electron chi connectivity index (χ1n) is 12.4. The zero-order valence-electron chi connectivity index (χ0n) is 20.3. The van der Waals surface area contributed by atoms with Crippen molar-refractivity contribution in [2.75, 3.05) is 13.1 Å². The fourth-order valence-corrected chi connectivity index (χ4v) is 5.16. The van der Waals surface area contributed by atoms with Crippen molar-refractivity contribution in [1.82, 2.24) is 18.9 Å². The molecule has 1 aliphatic rings. The van der Waals surface area contributed by atoms with Crippen molar-refractivity contribution in [3.63, 3.8) is 0 Å². The van der Waals surface area contributed by atoms with Gasteiger partial charge in [0.1, 0.15) is 16.8 Å². The Kier molecular flexibility index (Phi) is 6.24. The van der Waals surface area contributed by atoms with Gasteiger partial charge in [-0.25, -0.2) is 4.98 Å². The third-order valence-corrected chi connectivity index (χ3v) is 7.08. The van der Waals surface area contributed by atoms with E-state index in [4.69, 9.17) is 10.4 Å². The maximum absolute atomic E-state index is 13.6. The number of aryl methyl sites for hydroxylation is 2. The van der Waals surface area contributed by atoms with Crippen LogP contribution in [0.25, 0.3) is 16.7 Å². The Morgan fingerprint density at radius 1 is 1.09 bits per heavy atom. The molecule has 1 aliphatic heterocycles. The molecule has 0 bridgehead atoms. The van der Waals surface area contributed by atoms with Gasteiger partial charge in [-0.15, -0.1) is 0 Å². The molecule has 0 unspecified atom stereocenters. The summed E-state index contributed by atoms with van der Waals surface area (Å²) in [5, 5.41) is 9.24. The van der Waals surface area contributed by atoms with Crippen molar-refractivity contribution in [1.29, 1.82) is 5.41 Å². The number of piperidine rings is 1. The number of carbonyl (C=O) groups excluding carboxylic acids is 1. The predicted octanol–water partition coefficient (Wildman–Crippen LogP) is 3.94. The number of likely N-dealkylation sites (tertiary alicyclic amines) is 1. The number of nitrogens with one attached hydrogen (secondary N) is 1. The minimum Gasteiger partial charge on any atom is -0.339 e. The van der Waals surface area contributed by atoms with E-state index in [1.807, 2.05) is 36.9 Å². The van der Waals surface area contributed by atoms with Gasteiger partial charge in [0.2, 0.25) is 0 Å². The van der Waals surface area contributed by atoms with Crippen LogP contribution in [-0.2, 0) is 13.0 Å². The number of carbonyl (C=O) groups is 1. The lowest BCUT2D eigenvalue weighted by atomic mass is 9.90. The summed E-state index contributed by atoms with van der Waals surface area (Å²) < 4.78 is 3.25. The summed E-state index contributed by atoms with van der Waals surface area (Å²) in [4.78, 5) is 33.6. The van der Waals surface area contributed by atoms with Gasteiger partial charge >= 0.3 is 0 Å². The van der Waals surface area contributed by atoms with Gasteiger partial charge in [0.25, 0.3) is 11.5 Å². The molecule has 0 aliphatic carbocycles. The predicted molar refractivity (Wildman–Crippen MR) is 137 cm³/mol. The second kappa shape index (κ2) is 9.49. The Balaban J connectivity index is 1.49. The van der Waals surface area contributed by atoms with Gasteiger partial charge in [0.15, 0.2) is 0 Å². The van der Waals surface area contributed by atoms with Crippen LogP contribution in [0.1, 0.15) is 47.7 Å². The van der Waals surface area contributed by atoms with Crippen molar-refractivity contribution >= 4 is 22.6 Å². The van der Waals surface area contributed by atoms with Crippen molar-refractivity contribution < 1.29 is 4.79 Å². The Hall–Kier alpha value is -3.74. The van der Waals surface area contributed by atoms with Crippen LogP contribution in [0.3, 0.4) is 0 Å². The summed E-state index contributed by atoms with van der Waals surface area (Å²) in [5.41, 5.74) is 3.45. The molecule has 0 atom stereocenters. The Bertz CT molecular complexity index is 1510. The van der Waals surface area contributed by atoms with E-state index < -0.39 is 0 Å². The van der Waals surface area contributed by atoms with Crippen molar-refractivity contribution in [2.45, 2.75) is 46.1 Å². The zero-order valence-corrected chi connectivity index (χ0v) is 20.3. The average Bonchev–Trinajstić information content (AvgIpc) is 2.87. The quantitative estimate of drug-likeness (QED) is 0.450. The normalized spacial score (nSPS) is 14.6. The molecule has 0 spiro atoms. The number of amides is 1. The number of pyridine rings is 2. The van der Waals surface area contributed by atoms with Crippen LogP contribution in [-0.4, -0.2) is 37.8 Å². The number of hydrogen-bond acceptors (Lipinski definition) is 4. The van der Waals surface area contributed by atoms with E-state index in [9.17, 15) is 9.59 Å². The molecule has 0 saturated carbocycles. The highest BCUT2D eigenvalue weighted by Gasteiger charge is 2.26. The third-order valence-electron chi connectivity index (χ3n) is 7.08. The van der Waals surface area contributed by atoms with Gasteiger partial charge < -0.3 is 9.47 Å². The maximum atomic E-state index is 13.6. The van der Waals surface area contributed by atoms with Gasteiger partial charge in [-0.2, -0.15) is 0 Å². The second-order valence-electron chi connectivity index (χ2n) is 9.52. The summed E-state index contributed by atoms with van der Waals surface area (Å²) in [6.45, 7) is 5.78. The lowest BCUT2D eigenvalue weighted by Crippen LogP contribution is -2.42. The lowest BCUT2D eigenvalue weighted by Gasteiger charge is -2.32. The van der Waals surface area contributed by atoms with Crippen LogP contribution >= 0.6 is 0 Å². The first-order valence-corrected chi connectivity index (χ1v) is 12.4. The molecule has 1 amide bonds. The summed E-state index contributed by atoms with van der Waals surface area (Å²) in [6, 6.07) is 15.8. The molecule has 7 heteroatoms. The molecule has 1 aromatic carbocycles. The zero-order chi connectivity index (χ0) is 24.5. The fourth-order valence-electron chi connectivity index (χ4n) is 5.16. The molecular weight excluding hydrogens is 438 g/mol. The summed E-state index contributed by atoms with van der Waals surface area (Å²) in [7, 11) is 0. The van der Waals surface area contributed by atoms with Crippen LogP contribution in [0, 0.1) is 18.3 Å². The first-order chi connectivity index (χ1) is 17.0. The third kappa shape index (κ3) is 4.27. The molecule has 3 aromatic heterocycles. The molecule has 35 heavy (non-hydrogen) atoms. The molecule has 7 nitrogen and oxygen atoms in total. The van der Waals surface area contributed by atoms with Gasteiger partial charge in [-0.1, -0.05) is 43.3 Å². The van der Waals surface area contributed by atoms with Crippen molar-refractivity contribution in [3.8, 4) is 0 Å². The van der Waals surface area contributed by atoms with E-state index in [1.54, 1.807) is 16.8 Å². The minimum absolute atomic E-state index is 0.126. The van der Waals surface area contributed by atoms with Crippen LogP contribution in [0.15, 0.2) is 59.5 Å². The molecule has 5 rings (SSSR count). The minimum atomic E-state index is -0.214. The van der Waals surface area contributed by atoms with Crippen LogP contribution < -0.4 is 11.0 Å². The average molecular weight is 470 g/mol. The number of fused-ring (bicyclic) bond motifs is 2. The fraction of sp³-hybridized carbons (Fsp3) is 0.357. The number of hydrogen-bond donors (Lipinski definition) is 1. The summed E-state index contributed by atoms with van der Waals surface area (Å²) in [6.07, 6.45) is 5.36. The maximum Gasteiger partial charge on any atom is 0.267 e. The van der Waals surface area contributed by atoms with Crippen LogP contribution in [0.5, 0.6) is 0 Å². The van der Waals surface area contributed by atoms with Gasteiger partial charge in [-0.3, -0.25) is 19.4 Å². The highest BCUT2D eigenvalue weighted by Crippen LogP contribution is 2.23. The standard InChI is InChI=1S/C28H31N5O2/c1-3-13-32-24(29)22(18-23-26(32)30-25-19(2)8-7-14-33(25)28(23)35)27(34)31-15-11-21(12-16-31)17-20-9-5-4-6-10-20/h4-10,14,18,21,29H,3,11-13,15-17H2,1-2H3. The number of nitrogens with zero attached hydrogens (tertiary/aromatic N) is 4. The Labute approximate surface area is 204 Å². The SMILES string of the molecule is CCCn1c(=N)c(C(=O)N2CCC(Cc3ccccc3)CC2)cc2c(=O)n3cccc(C)c3nc21. The topological polar surface area (TPSA) is 83.5 Å². The van der Waals surface area contributed by atoms with Crippen LogP contribution in [0.2, 0.25) is 0 Å². The van der Waals surface area contributed by atoms with Crippen LogP contribution in [0.4, 0.5) is 0 Å². The summed E-state index contributed by atoms with van der Waals surface area (Å²) in [5.74, 6) is 0.371. The van der Waals surface area contributed by atoms with E-state index in [0.717, 1.165) is 31.2 Å². The molecular formula is C28H31N5O2. The molecule has 180 valence electrons. The van der Waals surface area contributed by atoms with E-state index in [2.05, 4.69) is 24.3 Å². The van der Waals surface area contributed by atoms with E-state index in [0.29, 0.717) is 42.2 Å². The smallest absolute Gasteiger partial charge is 0.267 e. The molecule has 1 N–H and O–H groups in total. The summed E-state index contributed by atoms with van der Waals surface area (Å²) >= 11 is 0. The number of benzene rings is 1.